The smallest absolute Gasteiger partial charge is 0.142 e. The number of para-hydroxylation sites is 3. The maximum Gasteiger partial charge on any atom is 0.142 e. The number of hydrogen-bond donors (Lipinski definition) is 2. The molecule has 140 valence electrons. The average Bonchev–Trinajstić information content (AvgIpc) is 2.68. The number of aryl methyl sites for hydroxylation is 1. The summed E-state index contributed by atoms with van der Waals surface area (Å²) in [4.78, 5) is 8.93. The van der Waals surface area contributed by atoms with Gasteiger partial charge < -0.3 is 20.1 Å². The first-order valence-electron chi connectivity index (χ1n) is 8.81. The third kappa shape index (κ3) is 4.88. The van der Waals surface area contributed by atoms with Gasteiger partial charge in [0.1, 0.15) is 29.0 Å². The van der Waals surface area contributed by atoms with E-state index in [0.29, 0.717) is 11.6 Å². The molecule has 0 bridgehead atoms. The molecular weight excluding hydrogens is 340 g/mol. The summed E-state index contributed by atoms with van der Waals surface area (Å²) >= 11 is 0. The highest BCUT2D eigenvalue weighted by molar-refractivity contribution is 5.65. The van der Waals surface area contributed by atoms with Crippen LogP contribution in [0.15, 0.2) is 54.6 Å². The maximum atomic E-state index is 5.40. The van der Waals surface area contributed by atoms with Crippen molar-refractivity contribution in [3.8, 4) is 11.5 Å². The quantitative estimate of drug-likeness (QED) is 0.624. The van der Waals surface area contributed by atoms with Gasteiger partial charge in [-0.3, -0.25) is 0 Å². The van der Waals surface area contributed by atoms with E-state index in [9.17, 15) is 0 Å². The van der Waals surface area contributed by atoms with Crippen LogP contribution >= 0.6 is 0 Å². The molecule has 0 amide bonds. The molecule has 0 spiro atoms. The Bertz CT molecular complexity index is 899. The van der Waals surface area contributed by atoms with Crippen molar-refractivity contribution in [2.45, 2.75) is 13.3 Å². The van der Waals surface area contributed by atoms with Gasteiger partial charge >= 0.3 is 0 Å². The second-order valence-corrected chi connectivity index (χ2v) is 6.00. The summed E-state index contributed by atoms with van der Waals surface area (Å²) in [6.07, 6.45) is 0.836. The lowest BCUT2D eigenvalue weighted by Crippen LogP contribution is -2.09. The molecule has 2 N–H and O–H groups in total. The molecule has 0 saturated carbocycles. The minimum absolute atomic E-state index is 0.690. The molecule has 0 unspecified atom stereocenters. The molecule has 0 aliphatic heterocycles. The maximum absolute atomic E-state index is 5.40. The van der Waals surface area contributed by atoms with E-state index in [1.54, 1.807) is 14.2 Å². The first-order valence-corrected chi connectivity index (χ1v) is 8.81. The molecule has 6 heteroatoms. The fourth-order valence-corrected chi connectivity index (χ4v) is 2.84. The Kier molecular flexibility index (Phi) is 6.10. The zero-order valence-electron chi connectivity index (χ0n) is 15.8. The fourth-order valence-electron chi connectivity index (χ4n) is 2.84. The minimum Gasteiger partial charge on any atom is -0.496 e. The van der Waals surface area contributed by atoms with Crippen LogP contribution in [0.3, 0.4) is 0 Å². The SMILES string of the molecule is COc1ccccc1CCNc1cc(Nc2ccccc2OC)nc(C)n1. The first-order chi connectivity index (χ1) is 13.2. The van der Waals surface area contributed by atoms with Crippen molar-refractivity contribution in [3.63, 3.8) is 0 Å². The van der Waals surface area contributed by atoms with Crippen molar-refractivity contribution in [1.29, 1.82) is 0 Å². The van der Waals surface area contributed by atoms with Gasteiger partial charge in [-0.2, -0.15) is 0 Å². The summed E-state index contributed by atoms with van der Waals surface area (Å²) in [5.74, 6) is 3.84. The zero-order chi connectivity index (χ0) is 19.1. The Morgan fingerprint density at radius 1 is 0.852 bits per heavy atom. The number of anilines is 3. The molecule has 0 aliphatic rings. The molecule has 0 atom stereocenters. The van der Waals surface area contributed by atoms with Gasteiger partial charge in [0, 0.05) is 12.6 Å². The van der Waals surface area contributed by atoms with Crippen LogP contribution in [0, 0.1) is 6.92 Å². The molecule has 6 nitrogen and oxygen atoms in total. The minimum atomic E-state index is 0.690. The largest absolute Gasteiger partial charge is 0.496 e. The van der Waals surface area contributed by atoms with Gasteiger partial charge in [-0.25, -0.2) is 9.97 Å². The molecule has 0 fully saturated rings. The zero-order valence-corrected chi connectivity index (χ0v) is 15.8. The first kappa shape index (κ1) is 18.5. The topological polar surface area (TPSA) is 68.3 Å². The van der Waals surface area contributed by atoms with E-state index in [4.69, 9.17) is 9.47 Å². The highest BCUT2D eigenvalue weighted by atomic mass is 16.5. The van der Waals surface area contributed by atoms with Crippen LogP contribution < -0.4 is 20.1 Å². The summed E-state index contributed by atoms with van der Waals surface area (Å²) < 4.78 is 10.8. The third-order valence-electron chi connectivity index (χ3n) is 4.10. The Morgan fingerprint density at radius 3 is 2.30 bits per heavy atom. The number of nitrogens with zero attached hydrogens (tertiary/aromatic N) is 2. The summed E-state index contributed by atoms with van der Waals surface area (Å²) in [5.41, 5.74) is 2.02. The van der Waals surface area contributed by atoms with Gasteiger partial charge in [0.25, 0.3) is 0 Å². The average molecular weight is 364 g/mol. The van der Waals surface area contributed by atoms with E-state index in [1.165, 1.54) is 0 Å². The van der Waals surface area contributed by atoms with E-state index in [-0.39, 0.29) is 0 Å². The van der Waals surface area contributed by atoms with Crippen molar-refractivity contribution >= 4 is 17.3 Å². The Labute approximate surface area is 159 Å². The van der Waals surface area contributed by atoms with Gasteiger partial charge in [0.05, 0.1) is 19.9 Å². The van der Waals surface area contributed by atoms with Crippen molar-refractivity contribution in [3.05, 3.63) is 66.0 Å². The van der Waals surface area contributed by atoms with E-state index < -0.39 is 0 Å². The van der Waals surface area contributed by atoms with Gasteiger partial charge in [-0.15, -0.1) is 0 Å². The highest BCUT2D eigenvalue weighted by Crippen LogP contribution is 2.27. The van der Waals surface area contributed by atoms with Crippen molar-refractivity contribution < 1.29 is 9.47 Å². The number of benzene rings is 2. The molecule has 2 aromatic carbocycles. The Hall–Kier alpha value is -3.28. The molecule has 3 aromatic rings. The normalized spacial score (nSPS) is 10.3. The van der Waals surface area contributed by atoms with E-state index >= 15 is 0 Å². The summed E-state index contributed by atoms with van der Waals surface area (Å²) in [6, 6.07) is 17.7. The number of aromatic nitrogens is 2. The Balaban J connectivity index is 1.68. The number of rotatable bonds is 8. The molecule has 27 heavy (non-hydrogen) atoms. The van der Waals surface area contributed by atoms with Crippen LogP contribution in [0.1, 0.15) is 11.4 Å². The lowest BCUT2D eigenvalue weighted by molar-refractivity contribution is 0.410. The summed E-state index contributed by atoms with van der Waals surface area (Å²) in [7, 11) is 3.34. The lowest BCUT2D eigenvalue weighted by atomic mass is 10.1. The van der Waals surface area contributed by atoms with Crippen LogP contribution in [0.2, 0.25) is 0 Å². The standard InChI is InChI=1S/C21H24N4O2/c1-15-23-20(22-13-12-16-8-4-6-10-18(16)26-2)14-21(24-15)25-17-9-5-7-11-19(17)27-3/h4-11,14H,12-13H2,1-3H3,(H2,22,23,24,25). The van der Waals surface area contributed by atoms with Crippen LogP contribution in [0.4, 0.5) is 17.3 Å². The molecule has 1 aromatic heterocycles. The Morgan fingerprint density at radius 2 is 1.52 bits per heavy atom. The van der Waals surface area contributed by atoms with E-state index in [1.807, 2.05) is 55.5 Å². The highest BCUT2D eigenvalue weighted by Gasteiger charge is 2.07. The second kappa shape index (κ2) is 8.89. The summed E-state index contributed by atoms with van der Waals surface area (Å²) in [5, 5.41) is 6.66. The van der Waals surface area contributed by atoms with Crippen LogP contribution in [-0.2, 0) is 6.42 Å². The van der Waals surface area contributed by atoms with Gasteiger partial charge in [-0.1, -0.05) is 30.3 Å². The molecule has 0 aliphatic carbocycles. The molecule has 0 saturated heterocycles. The molecule has 3 rings (SSSR count). The third-order valence-corrected chi connectivity index (χ3v) is 4.10. The predicted octanol–water partition coefficient (Wildman–Crippen LogP) is 4.20. The molecule has 1 heterocycles. The number of ether oxygens (including phenoxy) is 2. The lowest BCUT2D eigenvalue weighted by Gasteiger charge is -2.13. The van der Waals surface area contributed by atoms with Crippen molar-refractivity contribution in [1.82, 2.24) is 9.97 Å². The van der Waals surface area contributed by atoms with Gasteiger partial charge in [0.2, 0.25) is 0 Å². The van der Waals surface area contributed by atoms with Gasteiger partial charge in [0.15, 0.2) is 0 Å². The van der Waals surface area contributed by atoms with E-state index in [2.05, 4.69) is 26.7 Å². The summed E-state index contributed by atoms with van der Waals surface area (Å²) in [6.45, 7) is 2.61. The van der Waals surface area contributed by atoms with Crippen LogP contribution in [-0.4, -0.2) is 30.7 Å². The fraction of sp³-hybridized carbons (Fsp3) is 0.238. The molecule has 0 radical (unpaired) electrons. The monoisotopic (exact) mass is 364 g/mol. The number of methoxy groups -OCH3 is 2. The van der Waals surface area contributed by atoms with Gasteiger partial charge in [-0.05, 0) is 37.1 Å². The second-order valence-electron chi connectivity index (χ2n) is 6.00. The number of nitrogens with one attached hydrogen (secondary N) is 2. The number of hydrogen-bond acceptors (Lipinski definition) is 6. The van der Waals surface area contributed by atoms with Crippen molar-refractivity contribution in [2.24, 2.45) is 0 Å². The van der Waals surface area contributed by atoms with Crippen LogP contribution in [0.25, 0.3) is 0 Å². The van der Waals surface area contributed by atoms with Crippen molar-refractivity contribution in [2.75, 3.05) is 31.4 Å². The van der Waals surface area contributed by atoms with Crippen LogP contribution in [0.5, 0.6) is 11.5 Å². The molecular formula is C21H24N4O2. The van der Waals surface area contributed by atoms with E-state index in [0.717, 1.165) is 41.5 Å². The predicted molar refractivity (Wildman–Crippen MR) is 108 cm³/mol.